The molecular formula is C15H16O2. The smallest absolute Gasteiger partial charge is 0.311 e. The number of rotatable bonds is 4. The van der Waals surface area contributed by atoms with Crippen LogP contribution in [0.5, 0.6) is 5.75 Å². The Morgan fingerprint density at radius 2 is 1.88 bits per heavy atom. The lowest BCUT2D eigenvalue weighted by atomic mass is 10.1. The van der Waals surface area contributed by atoms with E-state index in [0.717, 1.165) is 23.6 Å². The molecule has 0 aliphatic heterocycles. The molecule has 0 atom stereocenters. The summed E-state index contributed by atoms with van der Waals surface area (Å²) in [6.45, 7) is 2.06. The molecule has 0 saturated heterocycles. The molecule has 17 heavy (non-hydrogen) atoms. The molecule has 2 nitrogen and oxygen atoms in total. The molecule has 88 valence electrons. The van der Waals surface area contributed by atoms with Gasteiger partial charge in [0.05, 0.1) is 0 Å². The van der Waals surface area contributed by atoms with E-state index in [1.54, 1.807) is 0 Å². The second kappa shape index (κ2) is 5.48. The molecule has 0 saturated carbocycles. The molecule has 0 aliphatic carbocycles. The van der Waals surface area contributed by atoms with E-state index in [1.807, 2.05) is 42.5 Å². The zero-order chi connectivity index (χ0) is 12.1. The molecule has 2 aromatic carbocycles. The summed E-state index contributed by atoms with van der Waals surface area (Å²) in [6, 6.07) is 13.7. The Hall–Kier alpha value is -1.83. The fourth-order valence-corrected chi connectivity index (χ4v) is 1.78. The predicted octanol–water partition coefficient (Wildman–Crippen LogP) is 3.94. The van der Waals surface area contributed by atoms with E-state index >= 15 is 0 Å². The lowest BCUT2D eigenvalue weighted by Crippen LogP contribution is -2.07. The van der Waals surface area contributed by atoms with Crippen molar-refractivity contribution < 1.29 is 9.53 Å². The Balaban J connectivity index is 2.21. The van der Waals surface area contributed by atoms with E-state index in [1.165, 1.54) is 0 Å². The van der Waals surface area contributed by atoms with Gasteiger partial charge in [0.2, 0.25) is 0 Å². The van der Waals surface area contributed by atoms with Crippen LogP contribution in [0.4, 0.5) is 0 Å². The minimum Gasteiger partial charge on any atom is -0.426 e. The first-order valence-electron chi connectivity index (χ1n) is 5.99. The van der Waals surface area contributed by atoms with Gasteiger partial charge in [-0.1, -0.05) is 49.7 Å². The number of carbonyl (C=O) groups is 1. The van der Waals surface area contributed by atoms with E-state index in [-0.39, 0.29) is 5.97 Å². The van der Waals surface area contributed by atoms with Gasteiger partial charge in [-0.15, -0.1) is 0 Å². The lowest BCUT2D eigenvalue weighted by Gasteiger charge is -2.07. The third-order valence-corrected chi connectivity index (χ3v) is 2.71. The van der Waals surface area contributed by atoms with Gasteiger partial charge in [0.1, 0.15) is 5.75 Å². The molecular weight excluding hydrogens is 212 g/mol. The third kappa shape index (κ3) is 2.84. The highest BCUT2D eigenvalue weighted by Gasteiger charge is 2.06. The molecule has 0 aromatic heterocycles. The maximum Gasteiger partial charge on any atom is 0.311 e. The van der Waals surface area contributed by atoms with Gasteiger partial charge < -0.3 is 4.74 Å². The first-order valence-corrected chi connectivity index (χ1v) is 5.99. The van der Waals surface area contributed by atoms with Crippen LogP contribution in [0.15, 0.2) is 42.5 Å². The summed E-state index contributed by atoms with van der Waals surface area (Å²) in [5.41, 5.74) is 0. The van der Waals surface area contributed by atoms with E-state index in [4.69, 9.17) is 4.74 Å². The van der Waals surface area contributed by atoms with Gasteiger partial charge >= 0.3 is 5.97 Å². The highest BCUT2D eigenvalue weighted by atomic mass is 16.5. The first kappa shape index (κ1) is 11.6. The van der Waals surface area contributed by atoms with E-state index in [9.17, 15) is 4.79 Å². The quantitative estimate of drug-likeness (QED) is 0.585. The first-order chi connectivity index (χ1) is 8.31. The Kier molecular flexibility index (Phi) is 3.76. The Bertz CT molecular complexity index is 512. The van der Waals surface area contributed by atoms with Crippen LogP contribution < -0.4 is 4.74 Å². The van der Waals surface area contributed by atoms with Crippen LogP contribution in [0.3, 0.4) is 0 Å². The summed E-state index contributed by atoms with van der Waals surface area (Å²) in [5.74, 6) is 0.507. The molecule has 0 bridgehead atoms. The minimum absolute atomic E-state index is 0.150. The van der Waals surface area contributed by atoms with Crippen molar-refractivity contribution in [3.63, 3.8) is 0 Å². The highest BCUT2D eigenvalue weighted by Crippen LogP contribution is 2.25. The Morgan fingerprint density at radius 1 is 1.12 bits per heavy atom. The summed E-state index contributed by atoms with van der Waals surface area (Å²) in [4.78, 5) is 11.6. The Labute approximate surface area is 101 Å². The molecule has 2 aromatic rings. The largest absolute Gasteiger partial charge is 0.426 e. The molecule has 0 spiro atoms. The number of esters is 1. The monoisotopic (exact) mass is 228 g/mol. The number of fused-ring (bicyclic) bond motifs is 1. The summed E-state index contributed by atoms with van der Waals surface area (Å²) in [7, 11) is 0. The van der Waals surface area contributed by atoms with Gasteiger partial charge in [-0.25, -0.2) is 0 Å². The summed E-state index contributed by atoms with van der Waals surface area (Å²) in [5, 5.41) is 2.08. The molecule has 0 fully saturated rings. The lowest BCUT2D eigenvalue weighted by molar-refractivity contribution is -0.134. The van der Waals surface area contributed by atoms with Gasteiger partial charge in [0, 0.05) is 11.8 Å². The SMILES string of the molecule is CCCCC(=O)Oc1cccc2ccccc12. The van der Waals surface area contributed by atoms with Crippen molar-refractivity contribution in [1.29, 1.82) is 0 Å². The fraction of sp³-hybridized carbons (Fsp3) is 0.267. The van der Waals surface area contributed by atoms with Gasteiger partial charge in [-0.2, -0.15) is 0 Å². The van der Waals surface area contributed by atoms with Crippen LogP contribution in [0.25, 0.3) is 10.8 Å². The van der Waals surface area contributed by atoms with Crippen LogP contribution in [0.2, 0.25) is 0 Å². The van der Waals surface area contributed by atoms with Crippen LogP contribution in [-0.4, -0.2) is 5.97 Å². The maximum atomic E-state index is 11.6. The van der Waals surface area contributed by atoms with E-state index in [0.29, 0.717) is 12.2 Å². The third-order valence-electron chi connectivity index (χ3n) is 2.71. The number of ether oxygens (including phenoxy) is 1. The second-order valence-corrected chi connectivity index (χ2v) is 4.05. The van der Waals surface area contributed by atoms with Gasteiger partial charge in [-0.3, -0.25) is 4.79 Å². The van der Waals surface area contributed by atoms with Crippen LogP contribution in [0.1, 0.15) is 26.2 Å². The number of carbonyl (C=O) groups excluding carboxylic acids is 1. The molecule has 2 rings (SSSR count). The fourth-order valence-electron chi connectivity index (χ4n) is 1.78. The molecule has 0 unspecified atom stereocenters. The van der Waals surface area contributed by atoms with Crippen LogP contribution >= 0.6 is 0 Å². The normalized spacial score (nSPS) is 10.4. The van der Waals surface area contributed by atoms with Crippen molar-refractivity contribution in [3.8, 4) is 5.75 Å². The van der Waals surface area contributed by atoms with Crippen molar-refractivity contribution >= 4 is 16.7 Å². The topological polar surface area (TPSA) is 26.3 Å². The molecule has 0 aliphatic rings. The number of hydrogen-bond donors (Lipinski definition) is 0. The minimum atomic E-state index is -0.150. The zero-order valence-corrected chi connectivity index (χ0v) is 9.98. The van der Waals surface area contributed by atoms with Crippen molar-refractivity contribution in [2.75, 3.05) is 0 Å². The number of hydrogen-bond acceptors (Lipinski definition) is 2. The maximum absolute atomic E-state index is 11.6. The van der Waals surface area contributed by atoms with E-state index < -0.39 is 0 Å². The molecule has 0 radical (unpaired) electrons. The van der Waals surface area contributed by atoms with Crippen molar-refractivity contribution in [1.82, 2.24) is 0 Å². The van der Waals surface area contributed by atoms with E-state index in [2.05, 4.69) is 6.92 Å². The van der Waals surface area contributed by atoms with Crippen molar-refractivity contribution in [3.05, 3.63) is 42.5 Å². The predicted molar refractivity (Wildman–Crippen MR) is 69.1 cm³/mol. The summed E-state index contributed by atoms with van der Waals surface area (Å²) < 4.78 is 5.39. The van der Waals surface area contributed by atoms with Gasteiger partial charge in [0.25, 0.3) is 0 Å². The molecule has 0 heterocycles. The average Bonchev–Trinajstić information content (AvgIpc) is 2.37. The second-order valence-electron chi connectivity index (χ2n) is 4.05. The summed E-state index contributed by atoms with van der Waals surface area (Å²) in [6.07, 6.45) is 2.37. The van der Waals surface area contributed by atoms with Crippen LogP contribution in [0, 0.1) is 0 Å². The standard InChI is InChI=1S/C15H16O2/c1-2-3-11-15(16)17-14-10-6-8-12-7-4-5-9-13(12)14/h4-10H,2-3,11H2,1H3. The zero-order valence-electron chi connectivity index (χ0n) is 9.98. The number of unbranched alkanes of at least 4 members (excludes halogenated alkanes) is 1. The highest BCUT2D eigenvalue weighted by molar-refractivity contribution is 5.90. The number of benzene rings is 2. The van der Waals surface area contributed by atoms with Gasteiger partial charge in [-0.05, 0) is 17.9 Å². The molecule has 0 amide bonds. The Morgan fingerprint density at radius 3 is 2.71 bits per heavy atom. The molecule has 2 heteroatoms. The molecule has 0 N–H and O–H groups in total. The van der Waals surface area contributed by atoms with Crippen molar-refractivity contribution in [2.24, 2.45) is 0 Å². The summed E-state index contributed by atoms with van der Waals surface area (Å²) >= 11 is 0. The van der Waals surface area contributed by atoms with Crippen molar-refractivity contribution in [2.45, 2.75) is 26.2 Å². The van der Waals surface area contributed by atoms with Crippen LogP contribution in [-0.2, 0) is 4.79 Å². The average molecular weight is 228 g/mol. The van der Waals surface area contributed by atoms with Gasteiger partial charge in [0.15, 0.2) is 0 Å².